The SMILES string of the molecule is CC(C)n1c(C2CCCCN2)nc2cnccc21. The fourth-order valence-corrected chi connectivity index (χ4v) is 2.83. The van der Waals surface area contributed by atoms with E-state index in [0.717, 1.165) is 12.1 Å². The van der Waals surface area contributed by atoms with Crippen LogP contribution < -0.4 is 5.32 Å². The fourth-order valence-electron chi connectivity index (χ4n) is 2.83. The van der Waals surface area contributed by atoms with Crippen molar-refractivity contribution < 1.29 is 0 Å². The van der Waals surface area contributed by atoms with Gasteiger partial charge in [-0.05, 0) is 39.3 Å². The number of hydrogen-bond acceptors (Lipinski definition) is 3. The molecule has 0 aliphatic carbocycles. The van der Waals surface area contributed by atoms with Crippen molar-refractivity contribution in [3.05, 3.63) is 24.3 Å². The smallest absolute Gasteiger partial charge is 0.127 e. The molecule has 0 amide bonds. The monoisotopic (exact) mass is 244 g/mol. The Morgan fingerprint density at radius 1 is 1.39 bits per heavy atom. The molecule has 2 aromatic heterocycles. The highest BCUT2D eigenvalue weighted by molar-refractivity contribution is 5.75. The number of fused-ring (bicyclic) bond motifs is 1. The van der Waals surface area contributed by atoms with Crippen LogP contribution in [0.1, 0.15) is 51.0 Å². The lowest BCUT2D eigenvalue weighted by molar-refractivity contribution is 0.380. The normalized spacial score (nSPS) is 20.7. The van der Waals surface area contributed by atoms with Crippen LogP contribution in [0.25, 0.3) is 11.0 Å². The zero-order chi connectivity index (χ0) is 12.5. The molecule has 2 aromatic rings. The number of imidazole rings is 1. The first-order valence-electron chi connectivity index (χ1n) is 6.82. The second kappa shape index (κ2) is 4.69. The van der Waals surface area contributed by atoms with Gasteiger partial charge in [0.05, 0.1) is 17.8 Å². The van der Waals surface area contributed by atoms with Crippen molar-refractivity contribution in [2.75, 3.05) is 6.54 Å². The first kappa shape index (κ1) is 11.7. The molecule has 1 unspecified atom stereocenters. The van der Waals surface area contributed by atoms with Gasteiger partial charge in [0, 0.05) is 12.2 Å². The van der Waals surface area contributed by atoms with E-state index < -0.39 is 0 Å². The first-order chi connectivity index (χ1) is 8.77. The van der Waals surface area contributed by atoms with E-state index in [0.29, 0.717) is 12.1 Å². The molecule has 0 spiro atoms. The minimum absolute atomic E-state index is 0.397. The molecule has 4 nitrogen and oxygen atoms in total. The molecule has 4 heteroatoms. The van der Waals surface area contributed by atoms with Crippen LogP contribution in [0, 0.1) is 0 Å². The van der Waals surface area contributed by atoms with Crippen molar-refractivity contribution in [3.8, 4) is 0 Å². The molecule has 1 fully saturated rings. The number of hydrogen-bond donors (Lipinski definition) is 1. The highest BCUT2D eigenvalue weighted by Gasteiger charge is 2.22. The maximum absolute atomic E-state index is 4.80. The molecule has 1 aliphatic heterocycles. The first-order valence-corrected chi connectivity index (χ1v) is 6.82. The third-order valence-electron chi connectivity index (χ3n) is 3.66. The van der Waals surface area contributed by atoms with Crippen molar-refractivity contribution in [2.45, 2.75) is 45.2 Å². The van der Waals surface area contributed by atoms with Crippen LogP contribution in [0.5, 0.6) is 0 Å². The molecule has 0 saturated carbocycles. The van der Waals surface area contributed by atoms with E-state index >= 15 is 0 Å². The van der Waals surface area contributed by atoms with E-state index in [2.05, 4.69) is 34.8 Å². The van der Waals surface area contributed by atoms with E-state index in [4.69, 9.17) is 4.98 Å². The van der Waals surface area contributed by atoms with Crippen molar-refractivity contribution in [1.82, 2.24) is 19.9 Å². The minimum Gasteiger partial charge on any atom is -0.324 e. The Hall–Kier alpha value is -1.42. The molecule has 1 aliphatic rings. The summed E-state index contributed by atoms with van der Waals surface area (Å²) in [6.07, 6.45) is 7.46. The van der Waals surface area contributed by atoms with E-state index in [1.165, 1.54) is 30.6 Å². The summed E-state index contributed by atoms with van der Waals surface area (Å²) in [4.78, 5) is 8.97. The van der Waals surface area contributed by atoms with Crippen molar-refractivity contribution in [1.29, 1.82) is 0 Å². The maximum atomic E-state index is 4.80. The topological polar surface area (TPSA) is 42.7 Å². The summed E-state index contributed by atoms with van der Waals surface area (Å²) in [5.41, 5.74) is 2.20. The Kier molecular flexibility index (Phi) is 3.04. The molecule has 18 heavy (non-hydrogen) atoms. The standard InChI is InChI=1S/C14H20N4/c1-10(2)18-13-6-8-15-9-12(13)17-14(18)11-5-3-4-7-16-11/h6,8-11,16H,3-5,7H2,1-2H3. The lowest BCUT2D eigenvalue weighted by atomic mass is 10.0. The summed E-state index contributed by atoms with van der Waals surface area (Å²) < 4.78 is 2.35. The summed E-state index contributed by atoms with van der Waals surface area (Å²) in [6.45, 7) is 5.53. The third-order valence-corrected chi connectivity index (χ3v) is 3.66. The molecular formula is C14H20N4. The molecular weight excluding hydrogens is 224 g/mol. The van der Waals surface area contributed by atoms with Crippen molar-refractivity contribution >= 4 is 11.0 Å². The van der Waals surface area contributed by atoms with Gasteiger partial charge in [-0.15, -0.1) is 0 Å². The minimum atomic E-state index is 0.397. The largest absolute Gasteiger partial charge is 0.324 e. The van der Waals surface area contributed by atoms with Gasteiger partial charge < -0.3 is 9.88 Å². The molecule has 1 N–H and O–H groups in total. The molecule has 0 bridgehead atoms. The van der Waals surface area contributed by atoms with Gasteiger partial charge in [0.1, 0.15) is 11.3 Å². The average Bonchev–Trinajstić information content (AvgIpc) is 2.79. The van der Waals surface area contributed by atoms with Crippen LogP contribution >= 0.6 is 0 Å². The Balaban J connectivity index is 2.11. The third kappa shape index (κ3) is 1.90. The molecule has 3 heterocycles. The number of piperidine rings is 1. The Bertz CT molecular complexity index is 538. The molecule has 3 rings (SSSR count). The van der Waals surface area contributed by atoms with Crippen LogP contribution in [-0.2, 0) is 0 Å². The second-order valence-electron chi connectivity index (χ2n) is 5.30. The van der Waals surface area contributed by atoms with E-state index in [-0.39, 0.29) is 0 Å². The van der Waals surface area contributed by atoms with Gasteiger partial charge in [-0.2, -0.15) is 0 Å². The van der Waals surface area contributed by atoms with Gasteiger partial charge in [-0.1, -0.05) is 6.42 Å². The highest BCUT2D eigenvalue weighted by Crippen LogP contribution is 2.28. The van der Waals surface area contributed by atoms with Crippen LogP contribution in [0.3, 0.4) is 0 Å². The number of aromatic nitrogens is 3. The molecule has 0 radical (unpaired) electrons. The Labute approximate surface area is 107 Å². The lowest BCUT2D eigenvalue weighted by Crippen LogP contribution is -2.29. The quantitative estimate of drug-likeness (QED) is 0.883. The summed E-state index contributed by atoms with van der Waals surface area (Å²) >= 11 is 0. The zero-order valence-corrected chi connectivity index (χ0v) is 11.1. The summed E-state index contributed by atoms with van der Waals surface area (Å²) in [5.74, 6) is 1.17. The molecule has 1 atom stereocenters. The number of rotatable bonds is 2. The van der Waals surface area contributed by atoms with Crippen LogP contribution in [0.2, 0.25) is 0 Å². The molecule has 1 saturated heterocycles. The maximum Gasteiger partial charge on any atom is 0.127 e. The second-order valence-corrected chi connectivity index (χ2v) is 5.30. The predicted molar refractivity (Wildman–Crippen MR) is 72.5 cm³/mol. The van der Waals surface area contributed by atoms with Crippen LogP contribution in [0.15, 0.2) is 18.5 Å². The fraction of sp³-hybridized carbons (Fsp3) is 0.571. The molecule has 0 aromatic carbocycles. The highest BCUT2D eigenvalue weighted by atomic mass is 15.1. The van der Waals surface area contributed by atoms with Crippen molar-refractivity contribution in [3.63, 3.8) is 0 Å². The average molecular weight is 244 g/mol. The predicted octanol–water partition coefficient (Wildman–Crippen LogP) is 2.83. The zero-order valence-electron chi connectivity index (χ0n) is 11.1. The summed E-state index contributed by atoms with van der Waals surface area (Å²) in [5, 5.41) is 3.59. The number of pyridine rings is 1. The van der Waals surface area contributed by atoms with Gasteiger partial charge in [0.2, 0.25) is 0 Å². The van der Waals surface area contributed by atoms with E-state index in [1.54, 1.807) is 0 Å². The Morgan fingerprint density at radius 2 is 2.28 bits per heavy atom. The van der Waals surface area contributed by atoms with Gasteiger partial charge in [0.25, 0.3) is 0 Å². The van der Waals surface area contributed by atoms with E-state index in [1.807, 2.05) is 12.4 Å². The van der Waals surface area contributed by atoms with Gasteiger partial charge >= 0.3 is 0 Å². The van der Waals surface area contributed by atoms with E-state index in [9.17, 15) is 0 Å². The number of nitrogens with one attached hydrogen (secondary N) is 1. The summed E-state index contributed by atoms with van der Waals surface area (Å²) in [6, 6.07) is 2.89. The van der Waals surface area contributed by atoms with Crippen LogP contribution in [0.4, 0.5) is 0 Å². The molecule has 96 valence electrons. The van der Waals surface area contributed by atoms with Gasteiger partial charge in [0.15, 0.2) is 0 Å². The Morgan fingerprint density at radius 3 is 3.00 bits per heavy atom. The van der Waals surface area contributed by atoms with Gasteiger partial charge in [-0.25, -0.2) is 4.98 Å². The lowest BCUT2D eigenvalue weighted by Gasteiger charge is -2.25. The number of nitrogens with zero attached hydrogens (tertiary/aromatic N) is 3. The summed E-state index contributed by atoms with van der Waals surface area (Å²) in [7, 11) is 0. The van der Waals surface area contributed by atoms with Gasteiger partial charge in [-0.3, -0.25) is 4.98 Å². The van der Waals surface area contributed by atoms with Crippen LogP contribution in [-0.4, -0.2) is 21.1 Å². The van der Waals surface area contributed by atoms with Crippen molar-refractivity contribution in [2.24, 2.45) is 0 Å².